The van der Waals surface area contributed by atoms with Crippen LogP contribution in [0.15, 0.2) is 24.3 Å². The molecular formula is C14H21NO2. The van der Waals surface area contributed by atoms with Crippen molar-refractivity contribution in [1.29, 1.82) is 0 Å². The molecule has 1 saturated heterocycles. The monoisotopic (exact) mass is 235 g/mol. The van der Waals surface area contributed by atoms with Gasteiger partial charge in [-0.05, 0) is 25.3 Å². The minimum absolute atomic E-state index is 0.0444. The molecule has 1 aliphatic heterocycles. The maximum Gasteiger partial charge on any atom is 0.0809 e. The molecule has 1 heterocycles. The number of rotatable bonds is 5. The summed E-state index contributed by atoms with van der Waals surface area (Å²) < 4.78 is 11.1. The quantitative estimate of drug-likeness (QED) is 0.851. The van der Waals surface area contributed by atoms with E-state index in [0.29, 0.717) is 13.2 Å². The lowest BCUT2D eigenvalue weighted by Gasteiger charge is -2.15. The Morgan fingerprint density at radius 3 is 2.82 bits per heavy atom. The van der Waals surface area contributed by atoms with Crippen molar-refractivity contribution in [3.8, 4) is 0 Å². The second kappa shape index (κ2) is 6.15. The van der Waals surface area contributed by atoms with Gasteiger partial charge in [0.05, 0.1) is 25.4 Å². The molecule has 0 bridgehead atoms. The van der Waals surface area contributed by atoms with Gasteiger partial charge in [-0.25, -0.2) is 0 Å². The zero-order valence-corrected chi connectivity index (χ0v) is 10.4. The summed E-state index contributed by atoms with van der Waals surface area (Å²) in [5, 5.41) is 0. The number of hydrogen-bond acceptors (Lipinski definition) is 3. The van der Waals surface area contributed by atoms with E-state index in [1.165, 1.54) is 5.56 Å². The molecule has 3 nitrogen and oxygen atoms in total. The fraction of sp³-hybridized carbons (Fsp3) is 0.571. The Bertz CT molecular complexity index is 331. The largest absolute Gasteiger partial charge is 0.377 e. The number of aryl methyl sites for hydroxylation is 1. The molecule has 0 amide bonds. The Balaban J connectivity index is 1.72. The predicted molar refractivity (Wildman–Crippen MR) is 67.9 cm³/mol. The van der Waals surface area contributed by atoms with E-state index in [1.807, 2.05) is 0 Å². The summed E-state index contributed by atoms with van der Waals surface area (Å²) in [7, 11) is 0. The molecule has 17 heavy (non-hydrogen) atoms. The van der Waals surface area contributed by atoms with E-state index in [-0.39, 0.29) is 12.1 Å². The van der Waals surface area contributed by atoms with Crippen LogP contribution in [0.3, 0.4) is 0 Å². The highest BCUT2D eigenvalue weighted by Crippen LogP contribution is 2.14. The molecule has 1 aromatic carbocycles. The van der Waals surface area contributed by atoms with Gasteiger partial charge in [0.2, 0.25) is 0 Å². The van der Waals surface area contributed by atoms with Crippen LogP contribution in [0, 0.1) is 6.92 Å². The van der Waals surface area contributed by atoms with Crippen molar-refractivity contribution in [2.75, 3.05) is 19.8 Å². The van der Waals surface area contributed by atoms with Crippen LogP contribution in [0.4, 0.5) is 0 Å². The molecule has 2 rings (SSSR count). The van der Waals surface area contributed by atoms with Gasteiger partial charge in [0.25, 0.3) is 0 Å². The Kier molecular flexibility index (Phi) is 4.54. The van der Waals surface area contributed by atoms with Crippen molar-refractivity contribution in [2.45, 2.75) is 31.9 Å². The second-order valence-corrected chi connectivity index (χ2v) is 4.69. The molecule has 1 aromatic rings. The predicted octanol–water partition coefficient (Wildman–Crippen LogP) is 2.19. The molecule has 1 aliphatic rings. The molecule has 0 spiro atoms. The van der Waals surface area contributed by atoms with E-state index >= 15 is 0 Å². The van der Waals surface area contributed by atoms with E-state index in [2.05, 4.69) is 31.2 Å². The van der Waals surface area contributed by atoms with Gasteiger partial charge in [-0.15, -0.1) is 0 Å². The molecule has 0 aromatic heterocycles. The fourth-order valence-corrected chi connectivity index (χ4v) is 2.01. The number of ether oxygens (including phenoxy) is 2. The average Bonchev–Trinajstić information content (AvgIpc) is 2.83. The van der Waals surface area contributed by atoms with Crippen molar-refractivity contribution >= 4 is 0 Å². The molecule has 0 aliphatic carbocycles. The van der Waals surface area contributed by atoms with Crippen LogP contribution in [-0.2, 0) is 9.47 Å². The van der Waals surface area contributed by atoms with Crippen LogP contribution in [-0.4, -0.2) is 25.9 Å². The van der Waals surface area contributed by atoms with Crippen molar-refractivity contribution in [3.05, 3.63) is 35.4 Å². The maximum absolute atomic E-state index is 6.06. The first-order chi connectivity index (χ1) is 8.25. The summed E-state index contributed by atoms with van der Waals surface area (Å²) in [6, 6.07) is 8.24. The first kappa shape index (κ1) is 12.6. The van der Waals surface area contributed by atoms with E-state index in [4.69, 9.17) is 15.2 Å². The number of hydrogen-bond donors (Lipinski definition) is 1. The van der Waals surface area contributed by atoms with E-state index in [1.54, 1.807) is 0 Å². The Morgan fingerprint density at radius 1 is 1.41 bits per heavy atom. The lowest BCUT2D eigenvalue weighted by Crippen LogP contribution is -2.21. The highest BCUT2D eigenvalue weighted by atomic mass is 16.5. The zero-order valence-electron chi connectivity index (χ0n) is 10.4. The summed E-state index contributed by atoms with van der Waals surface area (Å²) >= 11 is 0. The molecule has 2 atom stereocenters. The van der Waals surface area contributed by atoms with Crippen LogP contribution in [0.2, 0.25) is 0 Å². The standard InChI is InChI=1S/C14H21NO2/c1-11-4-6-12(7-5-11)14(15)10-16-9-13-3-2-8-17-13/h4-7,13-14H,2-3,8-10,15H2,1H3. The van der Waals surface area contributed by atoms with Crippen LogP contribution in [0.1, 0.15) is 30.0 Å². The summed E-state index contributed by atoms with van der Waals surface area (Å²) in [6.45, 7) is 4.17. The molecular weight excluding hydrogens is 214 g/mol. The second-order valence-electron chi connectivity index (χ2n) is 4.69. The molecule has 94 valence electrons. The molecule has 2 N–H and O–H groups in total. The third-order valence-corrected chi connectivity index (χ3v) is 3.13. The topological polar surface area (TPSA) is 44.5 Å². The molecule has 0 saturated carbocycles. The van der Waals surface area contributed by atoms with Gasteiger partial charge < -0.3 is 15.2 Å². The minimum Gasteiger partial charge on any atom is -0.377 e. The third-order valence-electron chi connectivity index (χ3n) is 3.13. The Morgan fingerprint density at radius 2 is 2.18 bits per heavy atom. The maximum atomic E-state index is 6.06. The van der Waals surface area contributed by atoms with Crippen molar-refractivity contribution in [2.24, 2.45) is 5.73 Å². The van der Waals surface area contributed by atoms with Gasteiger partial charge in [-0.3, -0.25) is 0 Å². The van der Waals surface area contributed by atoms with Crippen molar-refractivity contribution in [3.63, 3.8) is 0 Å². The van der Waals surface area contributed by atoms with E-state index in [9.17, 15) is 0 Å². The smallest absolute Gasteiger partial charge is 0.0809 e. The van der Waals surface area contributed by atoms with Gasteiger partial charge >= 0.3 is 0 Å². The van der Waals surface area contributed by atoms with Gasteiger partial charge in [-0.1, -0.05) is 29.8 Å². The first-order valence-electron chi connectivity index (χ1n) is 6.27. The summed E-state index contributed by atoms with van der Waals surface area (Å²) in [6.07, 6.45) is 2.54. The van der Waals surface area contributed by atoms with Gasteiger partial charge in [0, 0.05) is 6.61 Å². The van der Waals surface area contributed by atoms with Crippen LogP contribution >= 0.6 is 0 Å². The molecule has 1 fully saturated rings. The molecule has 2 unspecified atom stereocenters. The first-order valence-corrected chi connectivity index (χ1v) is 6.27. The normalized spacial score (nSPS) is 21.6. The summed E-state index contributed by atoms with van der Waals surface area (Å²) in [4.78, 5) is 0. The SMILES string of the molecule is Cc1ccc(C(N)COCC2CCCO2)cc1. The summed E-state index contributed by atoms with van der Waals surface area (Å²) in [5.41, 5.74) is 8.44. The fourth-order valence-electron chi connectivity index (χ4n) is 2.01. The number of benzene rings is 1. The van der Waals surface area contributed by atoms with Gasteiger partial charge in [-0.2, -0.15) is 0 Å². The lowest BCUT2D eigenvalue weighted by molar-refractivity contribution is 0.0129. The summed E-state index contributed by atoms with van der Waals surface area (Å²) in [5.74, 6) is 0. The number of nitrogens with two attached hydrogens (primary N) is 1. The van der Waals surface area contributed by atoms with Crippen LogP contribution in [0.5, 0.6) is 0 Å². The minimum atomic E-state index is -0.0444. The van der Waals surface area contributed by atoms with Crippen LogP contribution < -0.4 is 5.73 Å². The zero-order chi connectivity index (χ0) is 12.1. The van der Waals surface area contributed by atoms with E-state index < -0.39 is 0 Å². The molecule has 3 heteroatoms. The molecule has 0 radical (unpaired) electrons. The highest BCUT2D eigenvalue weighted by Gasteiger charge is 2.16. The van der Waals surface area contributed by atoms with Gasteiger partial charge in [0.1, 0.15) is 0 Å². The van der Waals surface area contributed by atoms with E-state index in [0.717, 1.165) is 25.0 Å². The third kappa shape index (κ3) is 3.80. The highest BCUT2D eigenvalue weighted by molar-refractivity contribution is 5.23. The van der Waals surface area contributed by atoms with Crippen molar-refractivity contribution in [1.82, 2.24) is 0 Å². The van der Waals surface area contributed by atoms with Crippen molar-refractivity contribution < 1.29 is 9.47 Å². The van der Waals surface area contributed by atoms with Gasteiger partial charge in [0.15, 0.2) is 0 Å². The average molecular weight is 235 g/mol. The lowest BCUT2D eigenvalue weighted by atomic mass is 10.1. The Hall–Kier alpha value is -0.900. The van der Waals surface area contributed by atoms with Crippen LogP contribution in [0.25, 0.3) is 0 Å². The Labute approximate surface area is 103 Å².